The van der Waals surface area contributed by atoms with Crippen LogP contribution < -0.4 is 0 Å². The van der Waals surface area contributed by atoms with E-state index in [1.54, 1.807) is 12.2 Å². The SMILES string of the molecule is CC(C)/C=C/C(=O)O.CC(C)/C=C\C(=O)O.CC(C)C(C)(C)CCC(=O)O.CC(C)CCC(=O)O.CC(C)CCCC(=O)O.CCC(CC)(CCC(=O)O)C(C)C. The van der Waals surface area contributed by atoms with Gasteiger partial charge in [0.05, 0.1) is 0 Å². The molecule has 57 heavy (non-hydrogen) atoms. The van der Waals surface area contributed by atoms with Gasteiger partial charge in [-0.2, -0.15) is 0 Å². The highest BCUT2D eigenvalue weighted by molar-refractivity contribution is 5.80. The fourth-order valence-corrected chi connectivity index (χ4v) is 4.41. The topological polar surface area (TPSA) is 224 Å². The predicted molar refractivity (Wildman–Crippen MR) is 231 cm³/mol. The lowest BCUT2D eigenvalue weighted by atomic mass is 9.70. The van der Waals surface area contributed by atoms with E-state index in [1.807, 2.05) is 41.5 Å². The average molecular weight is 819 g/mol. The summed E-state index contributed by atoms with van der Waals surface area (Å²) in [5.74, 6) is -1.60. The van der Waals surface area contributed by atoms with E-state index >= 15 is 0 Å². The van der Waals surface area contributed by atoms with Crippen LogP contribution in [-0.4, -0.2) is 66.5 Å². The number of allylic oxidation sites excluding steroid dienone is 2. The molecule has 0 unspecified atom stereocenters. The predicted octanol–water partition coefficient (Wildman–Crippen LogP) is 11.8. The van der Waals surface area contributed by atoms with Gasteiger partial charge >= 0.3 is 35.8 Å². The van der Waals surface area contributed by atoms with Crippen molar-refractivity contribution in [1.82, 2.24) is 0 Å². The van der Waals surface area contributed by atoms with E-state index in [4.69, 9.17) is 30.6 Å². The monoisotopic (exact) mass is 819 g/mol. The van der Waals surface area contributed by atoms with Crippen molar-refractivity contribution in [3.05, 3.63) is 24.3 Å². The second-order valence-electron chi connectivity index (χ2n) is 17.0. The zero-order chi connectivity index (χ0) is 46.5. The fraction of sp³-hybridized carbons (Fsp3) is 0.778. The lowest BCUT2D eigenvalue weighted by Gasteiger charge is -2.35. The molecule has 0 aromatic heterocycles. The van der Waals surface area contributed by atoms with Gasteiger partial charge in [0.1, 0.15) is 0 Å². The molecule has 0 aromatic carbocycles. The van der Waals surface area contributed by atoms with Crippen molar-refractivity contribution < 1.29 is 59.4 Å². The molecule has 12 heteroatoms. The lowest BCUT2D eigenvalue weighted by molar-refractivity contribution is -0.138. The number of hydrogen-bond acceptors (Lipinski definition) is 6. The molecule has 0 rings (SSSR count). The summed E-state index contributed by atoms with van der Waals surface area (Å²) in [6.45, 7) is 33.1. The van der Waals surface area contributed by atoms with Crippen molar-refractivity contribution in [1.29, 1.82) is 0 Å². The molecule has 12 nitrogen and oxygen atoms in total. The molecular weight excluding hydrogens is 732 g/mol. The van der Waals surface area contributed by atoms with Gasteiger partial charge in [0.25, 0.3) is 0 Å². The van der Waals surface area contributed by atoms with Crippen LogP contribution in [0.25, 0.3) is 0 Å². The van der Waals surface area contributed by atoms with Crippen LogP contribution >= 0.6 is 0 Å². The molecule has 0 spiro atoms. The lowest BCUT2D eigenvalue weighted by Crippen LogP contribution is -2.26. The molecule has 0 aromatic rings. The van der Waals surface area contributed by atoms with Crippen LogP contribution in [0.4, 0.5) is 0 Å². The zero-order valence-electron chi connectivity index (χ0n) is 38.7. The minimum absolute atomic E-state index is 0.151. The smallest absolute Gasteiger partial charge is 0.327 e. The molecule has 0 saturated carbocycles. The van der Waals surface area contributed by atoms with Crippen LogP contribution in [0.1, 0.15) is 181 Å². The average Bonchev–Trinajstić information content (AvgIpc) is 3.06. The number of aliphatic carboxylic acids is 6. The molecular formula is C45H86O12. The Hall–Kier alpha value is -3.70. The molecule has 0 heterocycles. The van der Waals surface area contributed by atoms with E-state index in [9.17, 15) is 28.8 Å². The third kappa shape index (κ3) is 59.1. The normalized spacial score (nSPS) is 11.1. The molecule has 0 atom stereocenters. The van der Waals surface area contributed by atoms with Crippen molar-refractivity contribution in [3.8, 4) is 0 Å². The third-order valence-electron chi connectivity index (χ3n) is 9.37. The maximum Gasteiger partial charge on any atom is 0.327 e. The van der Waals surface area contributed by atoms with Gasteiger partial charge in [0, 0.05) is 37.8 Å². The number of carboxylic acids is 6. The van der Waals surface area contributed by atoms with E-state index in [0.29, 0.717) is 54.8 Å². The van der Waals surface area contributed by atoms with Crippen LogP contribution in [0.3, 0.4) is 0 Å². The molecule has 6 N–H and O–H groups in total. The summed E-state index contributed by atoms with van der Waals surface area (Å²) in [4.78, 5) is 60.3. The molecule has 0 radical (unpaired) electrons. The third-order valence-corrected chi connectivity index (χ3v) is 9.37. The Morgan fingerprint density at radius 1 is 0.474 bits per heavy atom. The second-order valence-corrected chi connectivity index (χ2v) is 17.0. The van der Waals surface area contributed by atoms with Crippen LogP contribution in [0.2, 0.25) is 0 Å². The molecule has 0 aliphatic carbocycles. The molecule has 0 amide bonds. The van der Waals surface area contributed by atoms with Crippen molar-refractivity contribution >= 4 is 35.8 Å². The van der Waals surface area contributed by atoms with Gasteiger partial charge < -0.3 is 30.6 Å². The summed E-state index contributed by atoms with van der Waals surface area (Å²) in [6.07, 6.45) is 13.2. The zero-order valence-corrected chi connectivity index (χ0v) is 38.7. The summed E-state index contributed by atoms with van der Waals surface area (Å²) >= 11 is 0. The maximum atomic E-state index is 10.5. The van der Waals surface area contributed by atoms with Crippen molar-refractivity contribution in [2.75, 3.05) is 0 Å². The van der Waals surface area contributed by atoms with Gasteiger partial charge in [-0.3, -0.25) is 19.2 Å². The number of carbonyl (C=O) groups is 6. The first kappa shape index (κ1) is 65.2. The molecule has 0 aliphatic heterocycles. The van der Waals surface area contributed by atoms with Gasteiger partial charge in [0.15, 0.2) is 0 Å². The molecule has 338 valence electrons. The van der Waals surface area contributed by atoms with Crippen molar-refractivity contribution in [2.45, 2.75) is 181 Å². The van der Waals surface area contributed by atoms with Gasteiger partial charge in [-0.15, -0.1) is 0 Å². The minimum atomic E-state index is -0.876. The molecule has 0 aliphatic rings. The highest BCUT2D eigenvalue weighted by atomic mass is 16.4. The Kier molecular flexibility index (Phi) is 44.7. The van der Waals surface area contributed by atoms with E-state index in [0.717, 1.165) is 57.1 Å². The first-order valence-corrected chi connectivity index (χ1v) is 20.5. The Morgan fingerprint density at radius 3 is 1.00 bits per heavy atom. The van der Waals surface area contributed by atoms with Crippen LogP contribution in [-0.2, 0) is 28.8 Å². The van der Waals surface area contributed by atoms with Crippen LogP contribution in [0, 0.1) is 46.3 Å². The Bertz CT molecular complexity index is 1080. The molecule has 0 fully saturated rings. The largest absolute Gasteiger partial charge is 0.481 e. The highest BCUT2D eigenvalue weighted by Gasteiger charge is 2.30. The van der Waals surface area contributed by atoms with E-state index in [-0.39, 0.29) is 17.3 Å². The first-order chi connectivity index (χ1) is 25.8. The molecule has 0 saturated heterocycles. The number of rotatable bonds is 21. The first-order valence-electron chi connectivity index (χ1n) is 20.5. The Morgan fingerprint density at radius 2 is 0.807 bits per heavy atom. The summed E-state index contributed by atoms with van der Waals surface area (Å²) in [7, 11) is 0. The fourth-order valence-electron chi connectivity index (χ4n) is 4.41. The van der Waals surface area contributed by atoms with E-state index < -0.39 is 35.8 Å². The van der Waals surface area contributed by atoms with Gasteiger partial charge in [0.2, 0.25) is 0 Å². The second kappa shape index (κ2) is 39.1. The standard InChI is InChI=1S/C11H22O2.C9H18O2.C7H14O2.C6H12O2.2C6H10O2/c1-5-11(6-2,9(3)4)8-7-10(12)13;1-7(2)9(3,4)6-5-8(10)11;1-6(2)4-3-5-7(8)9;3*1-5(2)3-4-6(7)8/h9H,5-8H2,1-4H3,(H,12,13);7H,5-6H2,1-4H3,(H,10,11);6H,3-5H2,1-2H3,(H,8,9);5H,3-4H2,1-2H3,(H,7,8);2*3-5H,1-2H3,(H,7,8)/b;;;;4-3+;4-3-. The van der Waals surface area contributed by atoms with Crippen molar-refractivity contribution in [3.63, 3.8) is 0 Å². The van der Waals surface area contributed by atoms with Crippen LogP contribution in [0.15, 0.2) is 24.3 Å². The minimum Gasteiger partial charge on any atom is -0.481 e. The maximum absolute atomic E-state index is 10.5. The van der Waals surface area contributed by atoms with E-state index in [1.165, 1.54) is 0 Å². The van der Waals surface area contributed by atoms with Crippen molar-refractivity contribution in [2.24, 2.45) is 46.3 Å². The highest BCUT2D eigenvalue weighted by Crippen LogP contribution is 2.39. The molecule has 0 bridgehead atoms. The van der Waals surface area contributed by atoms with E-state index in [2.05, 4.69) is 69.2 Å². The summed E-state index contributed by atoms with van der Waals surface area (Å²) in [6, 6.07) is 0. The Balaban J connectivity index is -0.000000138. The summed E-state index contributed by atoms with van der Waals surface area (Å²) in [5, 5.41) is 49.6. The number of carboxylic acid groups (broad SMARTS) is 6. The quantitative estimate of drug-likeness (QED) is 0.0595. The Labute approximate surface area is 346 Å². The van der Waals surface area contributed by atoms with Gasteiger partial charge in [-0.05, 0) is 72.0 Å². The van der Waals surface area contributed by atoms with Gasteiger partial charge in [-0.1, -0.05) is 142 Å². The van der Waals surface area contributed by atoms with Gasteiger partial charge in [-0.25, -0.2) is 9.59 Å². The number of hydrogen-bond donors (Lipinski definition) is 6. The summed E-state index contributed by atoms with van der Waals surface area (Å²) < 4.78 is 0. The van der Waals surface area contributed by atoms with Crippen LogP contribution in [0.5, 0.6) is 0 Å². The summed E-state index contributed by atoms with van der Waals surface area (Å²) in [5.41, 5.74) is 0.386.